The largest absolute Gasteiger partial charge is 0.457 e. The Labute approximate surface area is 198 Å². The number of amides is 1. The van der Waals surface area contributed by atoms with Crippen molar-refractivity contribution in [1.82, 2.24) is 10.0 Å². The fourth-order valence-electron chi connectivity index (χ4n) is 3.38. The average Bonchev–Trinajstić information content (AvgIpc) is 3.08. The Hall–Kier alpha value is -3.53. The lowest BCUT2D eigenvalue weighted by Crippen LogP contribution is -2.22. The van der Waals surface area contributed by atoms with Gasteiger partial charge in [0.1, 0.15) is 5.84 Å². The van der Waals surface area contributed by atoms with E-state index in [0.717, 1.165) is 18.4 Å². The highest BCUT2D eigenvalue weighted by atomic mass is 32.2. The molecular weight excluding hydrogens is 458 g/mol. The van der Waals surface area contributed by atoms with Gasteiger partial charge in [0.25, 0.3) is 10.0 Å². The van der Waals surface area contributed by atoms with Crippen molar-refractivity contribution in [3.05, 3.63) is 65.2 Å². The second kappa shape index (κ2) is 11.6. The third-order valence-electron chi connectivity index (χ3n) is 5.13. The molecule has 0 aromatic heterocycles. The minimum absolute atomic E-state index is 0.0594. The Kier molecular flexibility index (Phi) is 8.53. The number of ketones is 1. The van der Waals surface area contributed by atoms with Crippen molar-refractivity contribution in [2.24, 2.45) is 4.99 Å². The number of carbonyl (C=O) groups is 3. The third kappa shape index (κ3) is 6.98. The number of carbonyl (C=O) groups excluding carboxylic acids is 3. The van der Waals surface area contributed by atoms with Crippen LogP contribution in [0.25, 0.3) is 0 Å². The van der Waals surface area contributed by atoms with Crippen molar-refractivity contribution < 1.29 is 27.5 Å². The van der Waals surface area contributed by atoms with Crippen LogP contribution in [-0.4, -0.2) is 51.6 Å². The van der Waals surface area contributed by atoms with E-state index in [-0.39, 0.29) is 42.0 Å². The lowest BCUT2D eigenvalue weighted by atomic mass is 10.1. The molecule has 2 aromatic carbocycles. The number of benzene rings is 2. The molecule has 0 atom stereocenters. The molecule has 1 heterocycles. The zero-order valence-corrected chi connectivity index (χ0v) is 19.7. The van der Waals surface area contributed by atoms with Crippen molar-refractivity contribution in [2.75, 3.05) is 19.7 Å². The van der Waals surface area contributed by atoms with Crippen LogP contribution >= 0.6 is 0 Å². The molecule has 0 bridgehead atoms. The van der Waals surface area contributed by atoms with Gasteiger partial charge in [0.15, 0.2) is 12.4 Å². The molecule has 0 saturated heterocycles. The molecule has 2 N–H and O–H groups in total. The number of nitrogens with one attached hydrogen (secondary N) is 2. The number of ether oxygens (including phenoxy) is 1. The summed E-state index contributed by atoms with van der Waals surface area (Å²) in [7, 11) is -3.59. The predicted molar refractivity (Wildman–Crippen MR) is 126 cm³/mol. The average molecular weight is 486 g/mol. The van der Waals surface area contributed by atoms with Gasteiger partial charge in [-0.2, -0.15) is 0 Å². The normalized spacial score (nSPS) is 14.8. The van der Waals surface area contributed by atoms with Crippen LogP contribution in [0.2, 0.25) is 0 Å². The number of aryl methyl sites for hydroxylation is 1. The Morgan fingerprint density at radius 2 is 1.76 bits per heavy atom. The lowest BCUT2D eigenvalue weighted by molar-refractivity contribution is -0.142. The molecule has 0 spiro atoms. The molecule has 1 amide bonds. The van der Waals surface area contributed by atoms with Crippen molar-refractivity contribution >= 4 is 33.5 Å². The van der Waals surface area contributed by atoms with Crippen LogP contribution in [0.1, 0.15) is 47.7 Å². The van der Waals surface area contributed by atoms with Gasteiger partial charge in [0, 0.05) is 37.6 Å². The summed E-state index contributed by atoms with van der Waals surface area (Å²) in [6, 6.07) is 13.6. The van der Waals surface area contributed by atoms with Crippen molar-refractivity contribution in [3.8, 4) is 0 Å². The number of amidine groups is 1. The highest BCUT2D eigenvalue weighted by Gasteiger charge is 2.29. The van der Waals surface area contributed by atoms with Crippen LogP contribution in [0.5, 0.6) is 0 Å². The molecule has 34 heavy (non-hydrogen) atoms. The molecule has 0 aliphatic carbocycles. The molecule has 1 aliphatic heterocycles. The van der Waals surface area contributed by atoms with Gasteiger partial charge in [-0.15, -0.1) is 0 Å². The van der Waals surface area contributed by atoms with Gasteiger partial charge >= 0.3 is 5.97 Å². The number of sulfonamides is 1. The summed E-state index contributed by atoms with van der Waals surface area (Å²) in [5.74, 6) is -0.612. The predicted octanol–water partition coefficient (Wildman–Crippen LogP) is 2.00. The number of hydrogen-bond donors (Lipinski definition) is 2. The van der Waals surface area contributed by atoms with Gasteiger partial charge < -0.3 is 10.1 Å². The van der Waals surface area contributed by atoms with Crippen molar-refractivity contribution in [2.45, 2.75) is 37.5 Å². The highest BCUT2D eigenvalue weighted by Crippen LogP contribution is 2.22. The molecular formula is C24H27N3O6S. The number of rotatable bonds is 11. The first-order valence-electron chi connectivity index (χ1n) is 10.9. The van der Waals surface area contributed by atoms with Crippen molar-refractivity contribution in [1.29, 1.82) is 0 Å². The molecule has 0 fully saturated rings. The first-order chi connectivity index (χ1) is 16.3. The summed E-state index contributed by atoms with van der Waals surface area (Å²) in [5.41, 5.74) is 2.01. The van der Waals surface area contributed by atoms with Crippen LogP contribution in [-0.2, 0) is 30.8 Å². The molecule has 9 nitrogen and oxygen atoms in total. The maximum absolute atomic E-state index is 12.3. The number of nitrogens with zero attached hydrogens (tertiary/aromatic N) is 1. The van der Waals surface area contributed by atoms with Crippen LogP contribution in [0.15, 0.2) is 58.4 Å². The minimum Gasteiger partial charge on any atom is -0.457 e. The number of aliphatic imine (C=N–C) groups is 1. The molecule has 0 unspecified atom stereocenters. The van der Waals surface area contributed by atoms with Crippen LogP contribution in [0.3, 0.4) is 0 Å². The Morgan fingerprint density at radius 3 is 2.50 bits per heavy atom. The monoisotopic (exact) mass is 485 g/mol. The van der Waals surface area contributed by atoms with Gasteiger partial charge in [-0.3, -0.25) is 24.1 Å². The van der Waals surface area contributed by atoms with Crippen LogP contribution in [0.4, 0.5) is 0 Å². The van der Waals surface area contributed by atoms with Gasteiger partial charge in [-0.1, -0.05) is 36.4 Å². The van der Waals surface area contributed by atoms with E-state index >= 15 is 0 Å². The molecule has 10 heteroatoms. The van der Waals surface area contributed by atoms with E-state index in [0.29, 0.717) is 24.1 Å². The zero-order chi connectivity index (χ0) is 24.6. The molecule has 180 valence electrons. The summed E-state index contributed by atoms with van der Waals surface area (Å²) in [6.45, 7) is 1.96. The fourth-order valence-corrected chi connectivity index (χ4v) is 4.63. The standard InChI is InChI=1S/C24H27N3O6S/c1-17(28)25-14-4-6-18-10-12-19(13-11-18)21(29)16-33-23(30)9-5-15-26-24-20-7-2-3-8-22(20)34(31,32)27-24/h2-3,7-8,10-13H,4-6,9,14-16H2,1H3,(H,25,28)(H,26,27). The van der Waals surface area contributed by atoms with E-state index in [1.807, 2.05) is 12.1 Å². The van der Waals surface area contributed by atoms with E-state index in [1.165, 1.54) is 13.0 Å². The number of Topliss-reactive ketones (excluding diaryl/α,β-unsaturated/α-hetero) is 1. The zero-order valence-electron chi connectivity index (χ0n) is 18.9. The molecule has 1 aliphatic rings. The summed E-state index contributed by atoms with van der Waals surface area (Å²) < 4.78 is 31.6. The number of hydrogen-bond acceptors (Lipinski definition) is 7. The Balaban J connectivity index is 1.38. The molecule has 2 aromatic rings. The van der Waals surface area contributed by atoms with Crippen molar-refractivity contribution in [3.63, 3.8) is 0 Å². The van der Waals surface area contributed by atoms with Gasteiger partial charge in [-0.05, 0) is 37.0 Å². The maximum Gasteiger partial charge on any atom is 0.306 e. The Morgan fingerprint density at radius 1 is 1.03 bits per heavy atom. The Bertz CT molecular complexity index is 1190. The maximum atomic E-state index is 12.3. The number of fused-ring (bicyclic) bond motifs is 1. The lowest BCUT2D eigenvalue weighted by Gasteiger charge is -2.06. The molecule has 3 rings (SSSR count). The molecule has 0 radical (unpaired) electrons. The third-order valence-corrected chi connectivity index (χ3v) is 6.53. The number of esters is 1. The summed E-state index contributed by atoms with van der Waals surface area (Å²) in [5, 5.41) is 2.74. The van der Waals surface area contributed by atoms with E-state index in [4.69, 9.17) is 4.74 Å². The minimum atomic E-state index is -3.59. The topological polar surface area (TPSA) is 131 Å². The van der Waals surface area contributed by atoms with Crippen LogP contribution in [0, 0.1) is 0 Å². The second-order valence-electron chi connectivity index (χ2n) is 7.80. The van der Waals surface area contributed by atoms with E-state index < -0.39 is 16.0 Å². The highest BCUT2D eigenvalue weighted by molar-refractivity contribution is 7.90. The summed E-state index contributed by atoms with van der Waals surface area (Å²) in [4.78, 5) is 39.5. The van der Waals surface area contributed by atoms with Gasteiger partial charge in [-0.25, -0.2) is 8.42 Å². The van der Waals surface area contributed by atoms with E-state index in [1.54, 1.807) is 30.3 Å². The smallest absolute Gasteiger partial charge is 0.306 e. The quantitative estimate of drug-likeness (QED) is 0.284. The fraction of sp³-hybridized carbons (Fsp3) is 0.333. The summed E-state index contributed by atoms with van der Waals surface area (Å²) >= 11 is 0. The first kappa shape index (κ1) is 25.1. The first-order valence-corrected chi connectivity index (χ1v) is 12.4. The van der Waals surface area contributed by atoms with E-state index in [9.17, 15) is 22.8 Å². The summed E-state index contributed by atoms with van der Waals surface area (Å²) in [6.07, 6.45) is 1.99. The second-order valence-corrected chi connectivity index (χ2v) is 9.45. The molecule has 0 saturated carbocycles. The SMILES string of the molecule is CC(=O)NCCCc1ccc(C(=O)COC(=O)CCCN=C2NS(=O)(=O)c3ccccc32)cc1. The van der Waals surface area contributed by atoms with Gasteiger partial charge in [0.05, 0.1) is 4.90 Å². The van der Waals surface area contributed by atoms with E-state index in [2.05, 4.69) is 15.0 Å². The van der Waals surface area contributed by atoms with Gasteiger partial charge in [0.2, 0.25) is 5.91 Å². The van der Waals surface area contributed by atoms with Crippen LogP contribution < -0.4 is 10.0 Å².